The van der Waals surface area contributed by atoms with Crippen LogP contribution < -0.4 is 5.32 Å². The summed E-state index contributed by atoms with van der Waals surface area (Å²) in [6, 6.07) is -2.99. The normalized spacial score (nSPS) is 48.1. The Morgan fingerprint density at radius 3 is 2.92 bits per heavy atom. The van der Waals surface area contributed by atoms with Crippen LogP contribution in [0.3, 0.4) is 0 Å². The van der Waals surface area contributed by atoms with E-state index in [2.05, 4.69) is 4.74 Å². The highest BCUT2D eigenvalue weighted by Crippen LogP contribution is 2.08. The van der Waals surface area contributed by atoms with E-state index in [1.54, 1.807) is 5.32 Å². The van der Waals surface area contributed by atoms with Gasteiger partial charge in [-0.1, -0.05) is 0 Å². The van der Waals surface area contributed by atoms with Crippen LogP contribution in [0.4, 0.5) is 4.79 Å². The molecule has 76 valence electrons. The Morgan fingerprint density at radius 1 is 1.77 bits per heavy atom. The van der Waals surface area contributed by atoms with Gasteiger partial charge in [-0.25, -0.2) is 4.79 Å². The maximum Gasteiger partial charge on any atom is 0.407 e. The first-order valence-corrected chi connectivity index (χ1v) is 3.77. The molecule has 13 heavy (non-hydrogen) atoms. The second kappa shape index (κ2) is 3.96. The molecule has 1 rings (SSSR count). The molecule has 1 aliphatic rings. The lowest BCUT2D eigenvalue weighted by atomic mass is 10.2. The van der Waals surface area contributed by atoms with Gasteiger partial charge in [0, 0.05) is 9.30 Å². The standard InChI is InChI=1S/C9H17NO3/c1-9(2,3)13-8(11)10-7-4-5-12-6-7/h7H,4-6H2,1-3H3,(H,10,11)/i4D2,5D2,6D2,7D. The molecule has 1 saturated heterocycles. The highest BCUT2D eigenvalue weighted by atomic mass is 16.6. The first kappa shape index (κ1) is 4.17. The zero-order valence-electron chi connectivity index (χ0n) is 14.7. The van der Waals surface area contributed by atoms with Crippen LogP contribution in [0.2, 0.25) is 0 Å². The Labute approximate surface area is 88.4 Å². The van der Waals surface area contributed by atoms with Crippen molar-refractivity contribution < 1.29 is 23.9 Å². The van der Waals surface area contributed by atoms with Crippen molar-refractivity contribution in [3.63, 3.8) is 0 Å². The Bertz CT molecular complexity index is 420. The van der Waals surface area contributed by atoms with Crippen molar-refractivity contribution in [2.24, 2.45) is 0 Å². The Hall–Kier alpha value is -0.770. The van der Waals surface area contributed by atoms with E-state index in [9.17, 15) is 4.79 Å². The average molecular weight is 194 g/mol. The summed E-state index contributed by atoms with van der Waals surface area (Å²) < 4.78 is 61.9. The smallest absolute Gasteiger partial charge is 0.407 e. The highest BCUT2D eigenvalue weighted by molar-refractivity contribution is 5.68. The number of carbonyl (C=O) groups excluding carboxylic acids is 1. The summed E-state index contributed by atoms with van der Waals surface area (Å²) in [5, 5.41) is 1.74. The summed E-state index contributed by atoms with van der Waals surface area (Å²) in [4.78, 5) is 11.6. The van der Waals surface area contributed by atoms with Crippen LogP contribution in [-0.4, -0.2) is 30.8 Å². The van der Waals surface area contributed by atoms with Gasteiger partial charge in [-0.3, -0.25) is 0 Å². The number of amides is 1. The molecule has 1 atom stereocenters. The second-order valence-corrected chi connectivity index (χ2v) is 3.43. The molecule has 0 aromatic heterocycles. The van der Waals surface area contributed by atoms with Crippen LogP contribution in [0.25, 0.3) is 0 Å². The molecule has 1 amide bonds. The fraction of sp³-hybridized carbons (Fsp3) is 0.889. The SMILES string of the molecule is [2H]C1([2H])OC([2H])([2H])C([2H])(NC(=O)OC(C)(C)C)C1([2H])[2H]. The number of carbonyl (C=O) groups is 1. The molecule has 0 bridgehead atoms. The van der Waals surface area contributed by atoms with Crippen molar-refractivity contribution in [2.45, 2.75) is 38.8 Å². The van der Waals surface area contributed by atoms with Crippen molar-refractivity contribution >= 4 is 6.09 Å². The molecule has 1 N–H and O–H groups in total. The molecule has 1 aliphatic heterocycles. The Morgan fingerprint density at radius 2 is 2.46 bits per heavy atom. The average Bonchev–Trinajstić information content (AvgIpc) is 2.18. The van der Waals surface area contributed by atoms with Crippen molar-refractivity contribution in [1.29, 1.82) is 0 Å². The van der Waals surface area contributed by atoms with Gasteiger partial charge in [0.25, 0.3) is 0 Å². The number of alkyl carbamates (subject to hydrolysis) is 1. The Balaban J connectivity index is 3.10. The van der Waals surface area contributed by atoms with Crippen molar-refractivity contribution in [1.82, 2.24) is 5.32 Å². The van der Waals surface area contributed by atoms with Crippen molar-refractivity contribution in [3.05, 3.63) is 0 Å². The van der Waals surface area contributed by atoms with E-state index in [0.717, 1.165) is 0 Å². The number of ether oxygens (including phenoxy) is 2. The lowest BCUT2D eigenvalue weighted by molar-refractivity contribution is 0.0499. The van der Waals surface area contributed by atoms with Gasteiger partial charge in [0.15, 0.2) is 0 Å². The predicted molar refractivity (Wildman–Crippen MR) is 48.6 cm³/mol. The Kier molecular flexibility index (Phi) is 1.27. The number of rotatable bonds is 1. The minimum absolute atomic E-state index is 0.932. The van der Waals surface area contributed by atoms with E-state index in [-0.39, 0.29) is 0 Å². The third-order valence-electron chi connectivity index (χ3n) is 1.01. The van der Waals surface area contributed by atoms with Gasteiger partial charge >= 0.3 is 6.09 Å². The van der Waals surface area contributed by atoms with Gasteiger partial charge in [0.2, 0.25) is 0 Å². The molecule has 0 spiro atoms. The molecule has 0 aliphatic carbocycles. The van der Waals surface area contributed by atoms with E-state index in [0.29, 0.717) is 0 Å². The second-order valence-electron chi connectivity index (χ2n) is 3.43. The highest BCUT2D eigenvalue weighted by Gasteiger charge is 2.21. The quantitative estimate of drug-likeness (QED) is 0.684. The molecule has 4 heteroatoms. The van der Waals surface area contributed by atoms with Crippen LogP contribution in [0.5, 0.6) is 0 Å². The fourth-order valence-electron chi connectivity index (χ4n) is 0.641. The number of nitrogens with one attached hydrogen (secondary N) is 1. The maximum absolute atomic E-state index is 11.6. The van der Waals surface area contributed by atoms with E-state index >= 15 is 0 Å². The molecule has 0 radical (unpaired) electrons. The zero-order chi connectivity index (χ0) is 16.2. The largest absolute Gasteiger partial charge is 0.444 e. The van der Waals surface area contributed by atoms with Crippen LogP contribution in [0.1, 0.15) is 36.7 Å². The zero-order valence-corrected chi connectivity index (χ0v) is 7.72. The third kappa shape index (κ3) is 4.12. The summed E-state index contributed by atoms with van der Waals surface area (Å²) in [6.45, 7) is -1.53. The first-order chi connectivity index (χ1) is 8.56. The van der Waals surface area contributed by atoms with Gasteiger partial charge in [0.1, 0.15) is 5.60 Å². The first-order valence-electron chi connectivity index (χ1n) is 7.27. The topological polar surface area (TPSA) is 47.6 Å². The van der Waals surface area contributed by atoms with Crippen molar-refractivity contribution in [3.8, 4) is 0 Å². The van der Waals surface area contributed by atoms with E-state index in [1.807, 2.05) is 0 Å². The number of hydrogen-bond acceptors (Lipinski definition) is 3. The molecular formula is C9H17NO3. The van der Waals surface area contributed by atoms with Gasteiger partial charge in [-0.15, -0.1) is 0 Å². The molecule has 1 unspecified atom stereocenters. The summed E-state index contributed by atoms with van der Waals surface area (Å²) in [5.74, 6) is 0. The maximum atomic E-state index is 11.6. The van der Waals surface area contributed by atoms with Crippen LogP contribution in [0, 0.1) is 0 Å². The molecule has 0 saturated carbocycles. The minimum Gasteiger partial charge on any atom is -0.444 e. The molecular weight excluding hydrogens is 170 g/mol. The lowest BCUT2D eigenvalue weighted by Crippen LogP contribution is -2.39. The summed E-state index contributed by atoms with van der Waals surface area (Å²) in [7, 11) is 0. The van der Waals surface area contributed by atoms with Crippen LogP contribution >= 0.6 is 0 Å². The minimum atomic E-state index is -3.12. The van der Waals surface area contributed by atoms with Crippen molar-refractivity contribution in [2.75, 3.05) is 13.1 Å². The molecule has 1 fully saturated rings. The lowest BCUT2D eigenvalue weighted by Gasteiger charge is -2.21. The van der Waals surface area contributed by atoms with Gasteiger partial charge < -0.3 is 14.8 Å². The van der Waals surface area contributed by atoms with Crippen LogP contribution in [0.15, 0.2) is 0 Å². The third-order valence-corrected chi connectivity index (χ3v) is 1.01. The summed E-state index contributed by atoms with van der Waals surface area (Å²) >= 11 is 0. The molecule has 4 nitrogen and oxygen atoms in total. The summed E-state index contributed by atoms with van der Waals surface area (Å²) in [6.07, 6.45) is -4.36. The van der Waals surface area contributed by atoms with Gasteiger partial charge in [0.05, 0.1) is 19.4 Å². The molecule has 1 heterocycles. The van der Waals surface area contributed by atoms with E-state index in [4.69, 9.17) is 14.3 Å². The van der Waals surface area contributed by atoms with E-state index < -0.39 is 37.2 Å². The van der Waals surface area contributed by atoms with E-state index in [1.165, 1.54) is 20.8 Å². The molecule has 0 aromatic carbocycles. The van der Waals surface area contributed by atoms with Gasteiger partial charge in [-0.2, -0.15) is 0 Å². The summed E-state index contributed by atoms with van der Waals surface area (Å²) in [5.41, 5.74) is -0.932. The monoisotopic (exact) mass is 194 g/mol. The van der Waals surface area contributed by atoms with Crippen LogP contribution in [-0.2, 0) is 9.47 Å². The number of hydrogen-bond donors (Lipinski definition) is 1. The predicted octanol–water partition coefficient (Wildman–Crippen LogP) is 1.30. The molecule has 0 aromatic rings. The van der Waals surface area contributed by atoms with Gasteiger partial charge in [-0.05, 0) is 27.1 Å². The fourth-order valence-corrected chi connectivity index (χ4v) is 0.641.